The predicted octanol–water partition coefficient (Wildman–Crippen LogP) is 6.24. The molecule has 2 atom stereocenters. The van der Waals surface area contributed by atoms with Crippen LogP contribution in [0.2, 0.25) is 0 Å². The van der Waals surface area contributed by atoms with Crippen molar-refractivity contribution in [2.24, 2.45) is 0 Å². The third-order valence-corrected chi connectivity index (χ3v) is 6.60. The van der Waals surface area contributed by atoms with Gasteiger partial charge in [0.15, 0.2) is 0 Å². The molecule has 2 aromatic rings. The van der Waals surface area contributed by atoms with Gasteiger partial charge < -0.3 is 14.8 Å². The molecule has 0 bridgehead atoms. The third-order valence-electron chi connectivity index (χ3n) is 5.87. The largest absolute Gasteiger partial charge is 0.463 e. The lowest BCUT2D eigenvalue weighted by atomic mass is 9.79. The van der Waals surface area contributed by atoms with Crippen LogP contribution in [0.1, 0.15) is 56.8 Å². The minimum absolute atomic E-state index is 0.175. The Morgan fingerprint density at radius 3 is 2.29 bits per heavy atom. The molecule has 0 aromatic heterocycles. The third kappa shape index (κ3) is 6.34. The van der Waals surface area contributed by atoms with E-state index in [-0.39, 0.29) is 26.1 Å². The number of ether oxygens (including phenoxy) is 2. The number of thioether (sulfide) groups is 1. The molecule has 1 heterocycles. The number of allylic oxidation sites excluding steroid dienone is 2. The quantitative estimate of drug-likeness (QED) is 0.310. The standard InChI is InChI=1S/C28H32FNO4S/c1-5-33-27(31)24-18(3)30-23(16-15-22(29)19-11-8-7-9-12-19)26(28(32)34-6-2)25(24)20-13-10-14-21(17-20)35-4/h7-14,17,22,25,30H,5-6,15-16H2,1-4H3. The smallest absolute Gasteiger partial charge is 0.336 e. The van der Waals surface area contributed by atoms with E-state index in [2.05, 4.69) is 5.32 Å². The first-order valence-corrected chi connectivity index (χ1v) is 13.0. The van der Waals surface area contributed by atoms with Gasteiger partial charge in [0.2, 0.25) is 0 Å². The van der Waals surface area contributed by atoms with E-state index in [1.165, 1.54) is 0 Å². The summed E-state index contributed by atoms with van der Waals surface area (Å²) in [6.07, 6.45) is 1.22. The fraction of sp³-hybridized carbons (Fsp3) is 0.357. The summed E-state index contributed by atoms with van der Waals surface area (Å²) in [5.41, 5.74) is 3.19. The first kappa shape index (κ1) is 26.5. The summed E-state index contributed by atoms with van der Waals surface area (Å²) in [6.45, 7) is 5.65. The second kappa shape index (κ2) is 12.6. The van der Waals surface area contributed by atoms with Crippen molar-refractivity contribution in [1.29, 1.82) is 0 Å². The summed E-state index contributed by atoms with van der Waals surface area (Å²) in [4.78, 5) is 27.4. The number of dihydropyridines is 1. The van der Waals surface area contributed by atoms with Gasteiger partial charge in [-0.3, -0.25) is 0 Å². The summed E-state index contributed by atoms with van der Waals surface area (Å²) in [6, 6.07) is 16.7. The number of carbonyl (C=O) groups excluding carboxylic acids is 2. The first-order chi connectivity index (χ1) is 16.9. The zero-order valence-corrected chi connectivity index (χ0v) is 21.4. The Labute approximate surface area is 210 Å². The lowest BCUT2D eigenvalue weighted by Gasteiger charge is -2.32. The van der Waals surface area contributed by atoms with Crippen molar-refractivity contribution in [2.75, 3.05) is 19.5 Å². The number of hydrogen-bond acceptors (Lipinski definition) is 6. The van der Waals surface area contributed by atoms with Gasteiger partial charge >= 0.3 is 11.9 Å². The van der Waals surface area contributed by atoms with Gasteiger partial charge in [-0.15, -0.1) is 11.8 Å². The van der Waals surface area contributed by atoms with Gasteiger partial charge in [0.05, 0.1) is 30.3 Å². The van der Waals surface area contributed by atoms with E-state index in [0.717, 1.165) is 10.5 Å². The Hall–Kier alpha value is -3.06. The van der Waals surface area contributed by atoms with Gasteiger partial charge in [-0.05, 0) is 63.1 Å². The van der Waals surface area contributed by atoms with Crippen molar-refractivity contribution in [1.82, 2.24) is 5.32 Å². The van der Waals surface area contributed by atoms with Gasteiger partial charge in [-0.1, -0.05) is 42.5 Å². The van der Waals surface area contributed by atoms with Gasteiger partial charge in [0.25, 0.3) is 0 Å². The van der Waals surface area contributed by atoms with Crippen LogP contribution in [0, 0.1) is 0 Å². The van der Waals surface area contributed by atoms with Crippen LogP contribution in [0.3, 0.4) is 0 Å². The minimum atomic E-state index is -1.19. The Balaban J connectivity index is 2.09. The van der Waals surface area contributed by atoms with E-state index in [1.54, 1.807) is 56.8 Å². The van der Waals surface area contributed by atoms with Crippen molar-refractivity contribution in [3.05, 3.63) is 88.3 Å². The molecule has 1 aliphatic rings. The van der Waals surface area contributed by atoms with Gasteiger partial charge in [-0.25, -0.2) is 14.0 Å². The van der Waals surface area contributed by atoms with Gasteiger partial charge in [0.1, 0.15) is 6.17 Å². The number of nitrogens with one attached hydrogen (secondary N) is 1. The average Bonchev–Trinajstić information content (AvgIpc) is 2.87. The lowest BCUT2D eigenvalue weighted by molar-refractivity contribution is -0.139. The molecule has 35 heavy (non-hydrogen) atoms. The van der Waals surface area contributed by atoms with E-state index < -0.39 is 24.0 Å². The molecule has 186 valence electrons. The van der Waals surface area contributed by atoms with Crippen LogP contribution in [-0.4, -0.2) is 31.4 Å². The number of carbonyl (C=O) groups is 2. The maximum absolute atomic E-state index is 15.0. The van der Waals surface area contributed by atoms with Crippen molar-refractivity contribution >= 4 is 23.7 Å². The molecule has 2 aromatic carbocycles. The number of halogens is 1. The Bertz CT molecular complexity index is 1110. The molecule has 3 rings (SSSR count). The lowest BCUT2D eigenvalue weighted by Crippen LogP contribution is -2.33. The summed E-state index contributed by atoms with van der Waals surface area (Å²) in [5.74, 6) is -1.71. The normalized spacial score (nSPS) is 16.5. The molecule has 0 aliphatic carbocycles. The summed E-state index contributed by atoms with van der Waals surface area (Å²) in [7, 11) is 0. The van der Waals surface area contributed by atoms with Crippen molar-refractivity contribution in [3.63, 3.8) is 0 Å². The van der Waals surface area contributed by atoms with Crippen molar-refractivity contribution in [3.8, 4) is 0 Å². The van der Waals surface area contributed by atoms with Crippen LogP contribution >= 0.6 is 11.8 Å². The molecule has 5 nitrogen and oxygen atoms in total. The fourth-order valence-electron chi connectivity index (χ4n) is 4.28. The number of esters is 2. The van der Waals surface area contributed by atoms with Crippen molar-refractivity contribution in [2.45, 2.75) is 50.6 Å². The molecule has 1 N–H and O–H groups in total. The van der Waals surface area contributed by atoms with E-state index in [1.807, 2.05) is 36.6 Å². The highest BCUT2D eigenvalue weighted by Crippen LogP contribution is 2.41. The Morgan fingerprint density at radius 2 is 1.66 bits per heavy atom. The summed E-state index contributed by atoms with van der Waals surface area (Å²) in [5, 5.41) is 3.22. The SMILES string of the molecule is CCOC(=O)C1=C(C)NC(CCC(F)c2ccccc2)=C(C(=O)OCC)C1c1cccc(SC)c1. The maximum Gasteiger partial charge on any atom is 0.336 e. The van der Waals surface area contributed by atoms with E-state index in [4.69, 9.17) is 9.47 Å². The van der Waals surface area contributed by atoms with Crippen LogP contribution in [0.25, 0.3) is 0 Å². The number of hydrogen-bond donors (Lipinski definition) is 1. The van der Waals surface area contributed by atoms with Crippen LogP contribution in [-0.2, 0) is 19.1 Å². The Morgan fingerprint density at radius 1 is 1.00 bits per heavy atom. The highest BCUT2D eigenvalue weighted by Gasteiger charge is 2.39. The highest BCUT2D eigenvalue weighted by atomic mass is 32.2. The van der Waals surface area contributed by atoms with Gasteiger partial charge in [0, 0.05) is 16.3 Å². The fourth-order valence-corrected chi connectivity index (χ4v) is 4.75. The zero-order valence-electron chi connectivity index (χ0n) is 20.6. The summed E-state index contributed by atoms with van der Waals surface area (Å²) < 4.78 is 25.8. The van der Waals surface area contributed by atoms with Crippen LogP contribution in [0.4, 0.5) is 4.39 Å². The topological polar surface area (TPSA) is 64.6 Å². The first-order valence-electron chi connectivity index (χ1n) is 11.8. The average molecular weight is 498 g/mol. The molecule has 0 amide bonds. The monoisotopic (exact) mass is 497 g/mol. The summed E-state index contributed by atoms with van der Waals surface area (Å²) >= 11 is 1.57. The second-order valence-electron chi connectivity index (χ2n) is 8.12. The molecule has 2 unspecified atom stereocenters. The molecule has 0 radical (unpaired) electrons. The molecule has 7 heteroatoms. The van der Waals surface area contributed by atoms with Gasteiger partial charge in [-0.2, -0.15) is 0 Å². The number of benzene rings is 2. The molecular formula is C28H32FNO4S. The van der Waals surface area contributed by atoms with Crippen LogP contribution in [0.15, 0.2) is 82.0 Å². The second-order valence-corrected chi connectivity index (χ2v) is 9.00. The maximum atomic E-state index is 15.0. The molecular weight excluding hydrogens is 465 g/mol. The van der Waals surface area contributed by atoms with E-state index >= 15 is 4.39 Å². The number of rotatable bonds is 10. The van der Waals surface area contributed by atoms with E-state index in [9.17, 15) is 9.59 Å². The molecule has 0 fully saturated rings. The highest BCUT2D eigenvalue weighted by molar-refractivity contribution is 7.98. The predicted molar refractivity (Wildman–Crippen MR) is 137 cm³/mol. The Kier molecular flexibility index (Phi) is 9.55. The van der Waals surface area contributed by atoms with Crippen molar-refractivity contribution < 1.29 is 23.5 Å². The number of alkyl halides is 1. The van der Waals surface area contributed by atoms with Crippen LogP contribution in [0.5, 0.6) is 0 Å². The minimum Gasteiger partial charge on any atom is -0.463 e. The molecule has 0 saturated carbocycles. The zero-order chi connectivity index (χ0) is 25.4. The molecule has 0 saturated heterocycles. The molecule has 1 aliphatic heterocycles. The molecule has 0 spiro atoms. The van der Waals surface area contributed by atoms with Crippen LogP contribution < -0.4 is 5.32 Å². The van der Waals surface area contributed by atoms with E-state index in [0.29, 0.717) is 28.1 Å².